The van der Waals surface area contributed by atoms with Gasteiger partial charge in [-0.05, 0) is 33.1 Å². The lowest BCUT2D eigenvalue weighted by Gasteiger charge is -2.19. The number of hydrogen-bond acceptors (Lipinski definition) is 4. The zero-order chi connectivity index (χ0) is 17.3. The molecule has 0 bridgehead atoms. The maximum atomic E-state index is 11.6. The molecule has 0 saturated heterocycles. The van der Waals surface area contributed by atoms with E-state index in [4.69, 9.17) is 9.47 Å². The summed E-state index contributed by atoms with van der Waals surface area (Å²) in [7, 11) is 0. The van der Waals surface area contributed by atoms with E-state index < -0.39 is 5.60 Å². The highest BCUT2D eigenvalue weighted by Gasteiger charge is 2.15. The van der Waals surface area contributed by atoms with Crippen molar-refractivity contribution >= 4 is 6.09 Å². The van der Waals surface area contributed by atoms with Crippen LogP contribution in [-0.2, 0) is 22.4 Å². The van der Waals surface area contributed by atoms with E-state index in [0.717, 1.165) is 25.3 Å². The van der Waals surface area contributed by atoms with E-state index in [1.807, 2.05) is 27.0 Å². The second-order valence-corrected chi connectivity index (χ2v) is 7.05. The summed E-state index contributed by atoms with van der Waals surface area (Å²) in [4.78, 5) is 15.8. The Kier molecular flexibility index (Phi) is 8.09. The molecule has 0 radical (unpaired) electrons. The van der Waals surface area contributed by atoms with Crippen molar-refractivity contribution in [3.05, 3.63) is 18.2 Å². The van der Waals surface area contributed by atoms with Crippen LogP contribution in [0.3, 0.4) is 0 Å². The standard InChI is InChI=1S/C17H31N3O3/c1-14(2)7-10-22-11-9-20-13-18-12-15(20)6-8-19-16(21)23-17(3,4)5/h12-14H,6-11H2,1-5H3,(H,19,21). The smallest absolute Gasteiger partial charge is 0.407 e. The van der Waals surface area contributed by atoms with E-state index in [1.165, 1.54) is 0 Å². The van der Waals surface area contributed by atoms with Crippen LogP contribution in [0.5, 0.6) is 0 Å². The topological polar surface area (TPSA) is 65.4 Å². The van der Waals surface area contributed by atoms with E-state index in [-0.39, 0.29) is 6.09 Å². The van der Waals surface area contributed by atoms with Crippen LogP contribution in [0.25, 0.3) is 0 Å². The van der Waals surface area contributed by atoms with Gasteiger partial charge in [-0.25, -0.2) is 9.78 Å². The SMILES string of the molecule is CC(C)CCOCCn1cncc1CCNC(=O)OC(C)(C)C. The van der Waals surface area contributed by atoms with Gasteiger partial charge < -0.3 is 19.4 Å². The minimum absolute atomic E-state index is 0.388. The van der Waals surface area contributed by atoms with Crippen LogP contribution < -0.4 is 5.32 Å². The summed E-state index contributed by atoms with van der Waals surface area (Å²) in [5.41, 5.74) is 0.604. The number of rotatable bonds is 9. The van der Waals surface area contributed by atoms with Crippen molar-refractivity contribution in [2.24, 2.45) is 5.92 Å². The van der Waals surface area contributed by atoms with Crippen molar-refractivity contribution in [1.29, 1.82) is 0 Å². The van der Waals surface area contributed by atoms with Crippen LogP contribution in [-0.4, -0.2) is 41.0 Å². The lowest BCUT2D eigenvalue weighted by molar-refractivity contribution is 0.0528. The lowest BCUT2D eigenvalue weighted by Crippen LogP contribution is -2.33. The van der Waals surface area contributed by atoms with Gasteiger partial charge >= 0.3 is 6.09 Å². The zero-order valence-electron chi connectivity index (χ0n) is 15.1. The second-order valence-electron chi connectivity index (χ2n) is 7.05. The third-order valence-corrected chi connectivity index (χ3v) is 3.16. The Bertz CT molecular complexity index is 464. The van der Waals surface area contributed by atoms with E-state index in [1.54, 1.807) is 6.33 Å². The summed E-state index contributed by atoms with van der Waals surface area (Å²) in [5.74, 6) is 0.665. The van der Waals surface area contributed by atoms with Gasteiger partial charge in [-0.1, -0.05) is 13.8 Å². The highest BCUT2D eigenvalue weighted by atomic mass is 16.6. The average Bonchev–Trinajstić information content (AvgIpc) is 2.83. The Morgan fingerprint density at radius 3 is 2.74 bits per heavy atom. The molecular formula is C17H31N3O3. The van der Waals surface area contributed by atoms with Gasteiger partial charge in [0.1, 0.15) is 5.60 Å². The van der Waals surface area contributed by atoms with Crippen molar-refractivity contribution in [3.8, 4) is 0 Å². The van der Waals surface area contributed by atoms with Crippen LogP contribution in [0.1, 0.15) is 46.7 Å². The Morgan fingerprint density at radius 2 is 2.09 bits per heavy atom. The van der Waals surface area contributed by atoms with Gasteiger partial charge in [-0.15, -0.1) is 0 Å². The average molecular weight is 325 g/mol. The predicted octanol–water partition coefficient (Wildman–Crippen LogP) is 3.01. The molecule has 0 atom stereocenters. The lowest BCUT2D eigenvalue weighted by atomic mass is 10.1. The van der Waals surface area contributed by atoms with Gasteiger partial charge in [0.15, 0.2) is 0 Å². The van der Waals surface area contributed by atoms with Crippen LogP contribution >= 0.6 is 0 Å². The number of amides is 1. The minimum Gasteiger partial charge on any atom is -0.444 e. The molecule has 1 aromatic rings. The molecule has 0 fully saturated rings. The predicted molar refractivity (Wildman–Crippen MR) is 90.4 cm³/mol. The highest BCUT2D eigenvalue weighted by molar-refractivity contribution is 5.67. The maximum absolute atomic E-state index is 11.6. The van der Waals surface area contributed by atoms with Gasteiger partial charge in [0.05, 0.1) is 12.9 Å². The van der Waals surface area contributed by atoms with Gasteiger partial charge in [0, 0.05) is 38.0 Å². The molecule has 132 valence electrons. The number of ether oxygens (including phenoxy) is 2. The van der Waals surface area contributed by atoms with Crippen LogP contribution in [0.4, 0.5) is 4.79 Å². The number of carbonyl (C=O) groups is 1. The van der Waals surface area contributed by atoms with Gasteiger partial charge in [-0.3, -0.25) is 0 Å². The molecule has 0 aliphatic rings. The van der Waals surface area contributed by atoms with E-state index >= 15 is 0 Å². The molecule has 6 nitrogen and oxygen atoms in total. The van der Waals surface area contributed by atoms with Crippen molar-refractivity contribution in [2.45, 2.75) is 59.6 Å². The second kappa shape index (κ2) is 9.55. The minimum atomic E-state index is -0.473. The number of carbonyl (C=O) groups excluding carboxylic acids is 1. The Morgan fingerprint density at radius 1 is 1.35 bits per heavy atom. The van der Waals surface area contributed by atoms with E-state index in [0.29, 0.717) is 25.5 Å². The fraction of sp³-hybridized carbons (Fsp3) is 0.765. The number of imidazole rings is 1. The summed E-state index contributed by atoms with van der Waals surface area (Å²) in [6.45, 7) is 12.7. The molecule has 0 aliphatic heterocycles. The normalized spacial score (nSPS) is 11.7. The van der Waals surface area contributed by atoms with Gasteiger partial charge in [-0.2, -0.15) is 0 Å². The summed E-state index contributed by atoms with van der Waals surface area (Å²) in [6.07, 6.45) is 5.03. The van der Waals surface area contributed by atoms with Crippen molar-refractivity contribution in [1.82, 2.24) is 14.9 Å². The Hall–Kier alpha value is -1.56. The largest absolute Gasteiger partial charge is 0.444 e. The van der Waals surface area contributed by atoms with Gasteiger partial charge in [0.2, 0.25) is 0 Å². The molecular weight excluding hydrogens is 294 g/mol. The first-order valence-corrected chi connectivity index (χ1v) is 8.31. The third kappa shape index (κ3) is 9.23. The quantitative estimate of drug-likeness (QED) is 0.709. The van der Waals surface area contributed by atoms with E-state index in [2.05, 4.69) is 28.7 Å². The van der Waals surface area contributed by atoms with Crippen LogP contribution in [0.2, 0.25) is 0 Å². The van der Waals surface area contributed by atoms with Crippen LogP contribution in [0.15, 0.2) is 12.5 Å². The molecule has 1 aromatic heterocycles. The molecule has 1 amide bonds. The molecule has 0 aromatic carbocycles. The highest BCUT2D eigenvalue weighted by Crippen LogP contribution is 2.06. The molecule has 0 saturated carbocycles. The fourth-order valence-electron chi connectivity index (χ4n) is 1.95. The first-order valence-electron chi connectivity index (χ1n) is 8.31. The van der Waals surface area contributed by atoms with Gasteiger partial charge in [0.25, 0.3) is 0 Å². The number of alkyl carbamates (subject to hydrolysis) is 1. The first kappa shape index (κ1) is 19.5. The molecule has 0 aliphatic carbocycles. The summed E-state index contributed by atoms with van der Waals surface area (Å²) in [6, 6.07) is 0. The van der Waals surface area contributed by atoms with Crippen molar-refractivity contribution < 1.29 is 14.3 Å². The number of nitrogens with one attached hydrogen (secondary N) is 1. The number of aromatic nitrogens is 2. The first-order chi connectivity index (χ1) is 10.8. The molecule has 1 rings (SSSR count). The Balaban J connectivity index is 2.25. The van der Waals surface area contributed by atoms with Crippen molar-refractivity contribution in [3.63, 3.8) is 0 Å². The fourth-order valence-corrected chi connectivity index (χ4v) is 1.95. The van der Waals surface area contributed by atoms with Crippen LogP contribution in [0, 0.1) is 5.92 Å². The summed E-state index contributed by atoms with van der Waals surface area (Å²) >= 11 is 0. The summed E-state index contributed by atoms with van der Waals surface area (Å²) in [5, 5.41) is 2.76. The zero-order valence-corrected chi connectivity index (χ0v) is 15.1. The van der Waals surface area contributed by atoms with Crippen molar-refractivity contribution in [2.75, 3.05) is 19.8 Å². The van der Waals surface area contributed by atoms with E-state index in [9.17, 15) is 4.79 Å². The number of hydrogen-bond donors (Lipinski definition) is 1. The molecule has 23 heavy (non-hydrogen) atoms. The maximum Gasteiger partial charge on any atom is 0.407 e. The molecule has 1 heterocycles. The molecule has 1 N–H and O–H groups in total. The number of nitrogens with zero attached hydrogens (tertiary/aromatic N) is 2. The molecule has 0 unspecified atom stereocenters. The monoisotopic (exact) mass is 325 g/mol. The molecule has 0 spiro atoms. The third-order valence-electron chi connectivity index (χ3n) is 3.16. The Labute approximate surface area is 139 Å². The summed E-state index contributed by atoms with van der Waals surface area (Å²) < 4.78 is 12.9. The molecule has 6 heteroatoms.